The van der Waals surface area contributed by atoms with E-state index >= 15 is 0 Å². The number of hydrogen-bond acceptors (Lipinski definition) is 2. The highest BCUT2D eigenvalue weighted by Crippen LogP contribution is 2.29. The third kappa shape index (κ3) is 1.63. The highest BCUT2D eigenvalue weighted by molar-refractivity contribution is 6.30. The van der Waals surface area contributed by atoms with E-state index in [2.05, 4.69) is 0 Å². The molecule has 0 N–H and O–H groups in total. The fourth-order valence-corrected chi connectivity index (χ4v) is 1.65. The van der Waals surface area contributed by atoms with Crippen molar-refractivity contribution in [1.82, 2.24) is 0 Å². The zero-order valence-electron chi connectivity index (χ0n) is 9.25. The summed E-state index contributed by atoms with van der Waals surface area (Å²) in [7, 11) is 0. The van der Waals surface area contributed by atoms with Gasteiger partial charge in [0.15, 0.2) is 5.82 Å². The molecule has 0 aromatic heterocycles. The second-order valence-electron chi connectivity index (χ2n) is 3.83. The topological polar surface area (TPSA) is 37.4 Å². The van der Waals surface area contributed by atoms with Crippen LogP contribution in [0.2, 0.25) is 0 Å². The molecule has 0 aliphatic carbocycles. The molecule has 1 heterocycles. The van der Waals surface area contributed by atoms with Crippen LogP contribution in [0, 0.1) is 18.6 Å². The van der Waals surface area contributed by atoms with E-state index in [1.807, 2.05) is 0 Å². The maximum Gasteiger partial charge on any atom is 0.261 e. The van der Waals surface area contributed by atoms with Crippen molar-refractivity contribution in [2.75, 3.05) is 4.90 Å². The molecule has 2 amide bonds. The van der Waals surface area contributed by atoms with Gasteiger partial charge in [0.25, 0.3) is 11.8 Å². The van der Waals surface area contributed by atoms with E-state index in [0.717, 1.165) is 12.1 Å². The average molecular weight is 237 g/mol. The van der Waals surface area contributed by atoms with Crippen molar-refractivity contribution in [3.05, 3.63) is 41.0 Å². The van der Waals surface area contributed by atoms with Crippen molar-refractivity contribution >= 4 is 17.5 Å². The van der Waals surface area contributed by atoms with Gasteiger partial charge in [-0.05, 0) is 25.5 Å². The predicted octanol–water partition coefficient (Wildman–Crippen LogP) is 2.09. The molecule has 0 unspecified atom stereocenters. The average Bonchev–Trinajstić information content (AvgIpc) is 2.51. The van der Waals surface area contributed by atoms with Gasteiger partial charge in [0, 0.05) is 11.6 Å². The lowest BCUT2D eigenvalue weighted by Gasteiger charge is -2.17. The molecule has 0 atom stereocenters. The molecule has 88 valence electrons. The van der Waals surface area contributed by atoms with Gasteiger partial charge in [0.1, 0.15) is 11.5 Å². The lowest BCUT2D eigenvalue weighted by atomic mass is 10.2. The van der Waals surface area contributed by atoms with Gasteiger partial charge in [0.2, 0.25) is 0 Å². The Labute approximate surface area is 96.3 Å². The lowest BCUT2D eigenvalue weighted by molar-refractivity contribution is -0.120. The molecule has 0 saturated heterocycles. The normalized spacial score (nSPS) is 15.5. The Kier molecular flexibility index (Phi) is 2.53. The fraction of sp³-hybridized carbons (Fsp3) is 0.167. The van der Waals surface area contributed by atoms with Crippen LogP contribution < -0.4 is 4.90 Å². The number of hydrogen-bond donors (Lipinski definition) is 0. The number of carbonyl (C=O) groups excluding carboxylic acids is 2. The fourth-order valence-electron chi connectivity index (χ4n) is 1.65. The first kappa shape index (κ1) is 11.4. The first-order chi connectivity index (χ1) is 7.93. The minimum Gasteiger partial charge on any atom is -0.269 e. The summed E-state index contributed by atoms with van der Waals surface area (Å²) < 4.78 is 27.3. The number of imide groups is 1. The van der Waals surface area contributed by atoms with Crippen molar-refractivity contribution in [2.24, 2.45) is 0 Å². The summed E-state index contributed by atoms with van der Waals surface area (Å²) in [6, 6.07) is 2.28. The maximum atomic E-state index is 13.8. The molecule has 1 aliphatic rings. The van der Waals surface area contributed by atoms with Gasteiger partial charge in [-0.15, -0.1) is 0 Å². The molecule has 1 aromatic carbocycles. The molecule has 0 saturated carbocycles. The van der Waals surface area contributed by atoms with Crippen molar-refractivity contribution < 1.29 is 18.4 Å². The van der Waals surface area contributed by atoms with Gasteiger partial charge in [-0.3, -0.25) is 9.59 Å². The van der Waals surface area contributed by atoms with E-state index in [-0.39, 0.29) is 11.1 Å². The highest BCUT2D eigenvalue weighted by atomic mass is 19.1. The van der Waals surface area contributed by atoms with Crippen LogP contribution in [0.1, 0.15) is 12.5 Å². The minimum atomic E-state index is -0.932. The Hall–Kier alpha value is -2.04. The molecule has 0 radical (unpaired) electrons. The lowest BCUT2D eigenvalue weighted by Crippen LogP contribution is -2.32. The van der Waals surface area contributed by atoms with Gasteiger partial charge >= 0.3 is 0 Å². The van der Waals surface area contributed by atoms with Gasteiger partial charge < -0.3 is 0 Å². The predicted molar refractivity (Wildman–Crippen MR) is 57.3 cm³/mol. The number of aryl methyl sites for hydroxylation is 1. The maximum absolute atomic E-state index is 13.8. The molecule has 0 bridgehead atoms. The number of halogens is 2. The van der Waals surface area contributed by atoms with Crippen molar-refractivity contribution in [1.29, 1.82) is 0 Å². The molecule has 1 aliphatic heterocycles. The number of benzene rings is 1. The minimum absolute atomic E-state index is 0.162. The van der Waals surface area contributed by atoms with Crippen molar-refractivity contribution in [3.8, 4) is 0 Å². The number of nitrogens with zero attached hydrogens (tertiary/aromatic N) is 1. The molecule has 2 rings (SSSR count). The van der Waals surface area contributed by atoms with Crippen LogP contribution >= 0.6 is 0 Å². The second-order valence-corrected chi connectivity index (χ2v) is 3.83. The van der Waals surface area contributed by atoms with Crippen molar-refractivity contribution in [3.63, 3.8) is 0 Å². The number of rotatable bonds is 1. The van der Waals surface area contributed by atoms with E-state index in [4.69, 9.17) is 0 Å². The number of carbonyl (C=O) groups is 2. The summed E-state index contributed by atoms with van der Waals surface area (Å²) in [5, 5.41) is 0. The first-order valence-electron chi connectivity index (χ1n) is 4.95. The smallest absolute Gasteiger partial charge is 0.261 e. The summed E-state index contributed by atoms with van der Waals surface area (Å²) in [5.41, 5.74) is -0.269. The van der Waals surface area contributed by atoms with E-state index in [1.165, 1.54) is 19.9 Å². The van der Waals surface area contributed by atoms with E-state index < -0.39 is 29.1 Å². The third-order valence-electron chi connectivity index (χ3n) is 2.58. The Morgan fingerprint density at radius 1 is 1.12 bits per heavy atom. The highest BCUT2D eigenvalue weighted by Gasteiger charge is 2.34. The molecular weight excluding hydrogens is 228 g/mol. The summed E-state index contributed by atoms with van der Waals surface area (Å²) >= 11 is 0. The Morgan fingerprint density at radius 2 is 1.76 bits per heavy atom. The quantitative estimate of drug-likeness (QED) is 0.701. The zero-order chi connectivity index (χ0) is 12.7. The van der Waals surface area contributed by atoms with Crippen LogP contribution in [0.25, 0.3) is 0 Å². The summed E-state index contributed by atoms with van der Waals surface area (Å²) in [6.07, 6.45) is 1.06. The van der Waals surface area contributed by atoms with Crippen LogP contribution in [-0.4, -0.2) is 11.8 Å². The van der Waals surface area contributed by atoms with E-state index in [0.29, 0.717) is 4.90 Å². The summed E-state index contributed by atoms with van der Waals surface area (Å²) in [4.78, 5) is 23.7. The molecule has 17 heavy (non-hydrogen) atoms. The summed E-state index contributed by atoms with van der Waals surface area (Å²) in [6.45, 7) is 2.86. The molecule has 1 aromatic rings. The number of anilines is 1. The second kappa shape index (κ2) is 3.76. The van der Waals surface area contributed by atoms with Crippen LogP contribution in [0.15, 0.2) is 23.8 Å². The monoisotopic (exact) mass is 237 g/mol. The standard InChI is InChI=1S/C12H9F2NO2/c1-6-3-4-8(13)11(10(6)14)15-9(16)5-7(2)12(15)17/h3-5H,1-2H3. The Balaban J connectivity index is 2.60. The molecule has 3 nitrogen and oxygen atoms in total. The molecule has 5 heteroatoms. The van der Waals surface area contributed by atoms with Gasteiger partial charge in [0.05, 0.1) is 0 Å². The van der Waals surface area contributed by atoms with Gasteiger partial charge in [-0.2, -0.15) is 0 Å². The molecule has 0 fully saturated rings. The van der Waals surface area contributed by atoms with Crippen LogP contribution in [-0.2, 0) is 9.59 Å². The van der Waals surface area contributed by atoms with Crippen LogP contribution in [0.5, 0.6) is 0 Å². The third-order valence-corrected chi connectivity index (χ3v) is 2.58. The largest absolute Gasteiger partial charge is 0.269 e. The molecule has 0 spiro atoms. The van der Waals surface area contributed by atoms with Gasteiger partial charge in [-0.1, -0.05) is 6.07 Å². The molecular formula is C12H9F2NO2. The van der Waals surface area contributed by atoms with Crippen LogP contribution in [0.3, 0.4) is 0 Å². The number of amides is 2. The van der Waals surface area contributed by atoms with Gasteiger partial charge in [-0.25, -0.2) is 13.7 Å². The zero-order valence-corrected chi connectivity index (χ0v) is 9.25. The SMILES string of the molecule is CC1=CC(=O)N(c2c(F)ccc(C)c2F)C1=O. The Morgan fingerprint density at radius 3 is 2.29 bits per heavy atom. The Bertz CT molecular complexity index is 564. The van der Waals surface area contributed by atoms with E-state index in [1.54, 1.807) is 0 Å². The van der Waals surface area contributed by atoms with E-state index in [9.17, 15) is 18.4 Å². The van der Waals surface area contributed by atoms with Crippen LogP contribution in [0.4, 0.5) is 14.5 Å². The van der Waals surface area contributed by atoms with Crippen molar-refractivity contribution in [2.45, 2.75) is 13.8 Å². The first-order valence-corrected chi connectivity index (χ1v) is 4.95. The summed E-state index contributed by atoms with van der Waals surface area (Å²) in [5.74, 6) is -3.25.